The van der Waals surface area contributed by atoms with Gasteiger partial charge in [-0.25, -0.2) is 0 Å². The third-order valence-electron chi connectivity index (χ3n) is 2.28. The van der Waals surface area contributed by atoms with E-state index in [4.69, 9.17) is 4.42 Å². The van der Waals surface area contributed by atoms with Crippen LogP contribution in [-0.2, 0) is 4.79 Å². The average molecular weight is 210 g/mol. The van der Waals surface area contributed by atoms with Gasteiger partial charge in [0.25, 0.3) is 0 Å². The molecule has 84 valence electrons. The normalized spacial score (nSPS) is 14.7. The molecule has 4 nitrogen and oxygen atoms in total. The summed E-state index contributed by atoms with van der Waals surface area (Å²) < 4.78 is 5.25. The highest BCUT2D eigenvalue weighted by Crippen LogP contribution is 2.13. The van der Waals surface area contributed by atoms with Gasteiger partial charge in [-0.15, -0.1) is 0 Å². The van der Waals surface area contributed by atoms with Crippen molar-refractivity contribution in [3.8, 4) is 0 Å². The van der Waals surface area contributed by atoms with Crippen molar-refractivity contribution >= 4 is 5.91 Å². The maximum Gasteiger partial charge on any atom is 0.238 e. The number of rotatable bonds is 4. The molecule has 1 aromatic rings. The molecule has 0 aliphatic heterocycles. The number of carbonyl (C=O) groups is 1. The number of nitrogens with one attached hydrogen (secondary N) is 1. The molecule has 0 radical (unpaired) electrons. The van der Waals surface area contributed by atoms with Gasteiger partial charge in [0.1, 0.15) is 5.76 Å². The molecule has 0 bridgehead atoms. The van der Waals surface area contributed by atoms with E-state index in [0.29, 0.717) is 0 Å². The van der Waals surface area contributed by atoms with Crippen molar-refractivity contribution < 1.29 is 9.21 Å². The Bertz CT molecular complexity index is 306. The largest absolute Gasteiger partial charge is 0.468 e. The third-order valence-corrected chi connectivity index (χ3v) is 2.28. The summed E-state index contributed by atoms with van der Waals surface area (Å²) in [6, 6.07) is 3.57. The smallest absolute Gasteiger partial charge is 0.238 e. The second-order valence-corrected chi connectivity index (χ2v) is 3.86. The van der Waals surface area contributed by atoms with E-state index < -0.39 is 0 Å². The number of carbonyl (C=O) groups excluding carboxylic acids is 1. The van der Waals surface area contributed by atoms with Crippen molar-refractivity contribution in [1.29, 1.82) is 0 Å². The van der Waals surface area contributed by atoms with Crippen LogP contribution in [-0.4, -0.2) is 30.9 Å². The quantitative estimate of drug-likeness (QED) is 0.817. The molecule has 0 aliphatic rings. The zero-order valence-corrected chi connectivity index (χ0v) is 9.65. The molecule has 15 heavy (non-hydrogen) atoms. The van der Waals surface area contributed by atoms with Crippen LogP contribution >= 0.6 is 0 Å². The fourth-order valence-electron chi connectivity index (χ4n) is 1.45. The number of hydrogen-bond acceptors (Lipinski definition) is 3. The van der Waals surface area contributed by atoms with Crippen LogP contribution in [0.2, 0.25) is 0 Å². The summed E-state index contributed by atoms with van der Waals surface area (Å²) in [5.41, 5.74) is 0. The Balaban J connectivity index is 2.52. The molecule has 4 heteroatoms. The summed E-state index contributed by atoms with van der Waals surface area (Å²) >= 11 is 0. The molecule has 1 rings (SSSR count). The second kappa shape index (κ2) is 4.98. The van der Waals surface area contributed by atoms with Crippen molar-refractivity contribution in [2.75, 3.05) is 14.1 Å². The molecule has 0 saturated heterocycles. The van der Waals surface area contributed by atoms with Gasteiger partial charge in [-0.1, -0.05) is 0 Å². The standard InChI is InChI=1S/C11H18N2O2/c1-8(10-6-5-7-15-10)12-9(2)11(14)13(3)4/h5-9,12H,1-4H3/t8-,9?/m1/s1. The fourth-order valence-corrected chi connectivity index (χ4v) is 1.45. The van der Waals surface area contributed by atoms with Gasteiger partial charge in [0, 0.05) is 14.1 Å². The molecular weight excluding hydrogens is 192 g/mol. The van der Waals surface area contributed by atoms with Gasteiger partial charge in [0.05, 0.1) is 18.3 Å². The molecule has 0 aromatic carbocycles. The monoisotopic (exact) mass is 210 g/mol. The lowest BCUT2D eigenvalue weighted by molar-refractivity contribution is -0.130. The van der Waals surface area contributed by atoms with Crippen molar-refractivity contribution in [1.82, 2.24) is 10.2 Å². The van der Waals surface area contributed by atoms with Gasteiger partial charge in [-0.3, -0.25) is 10.1 Å². The summed E-state index contributed by atoms with van der Waals surface area (Å²) in [4.78, 5) is 13.2. The van der Waals surface area contributed by atoms with Crippen LogP contribution in [0.3, 0.4) is 0 Å². The summed E-state index contributed by atoms with van der Waals surface area (Å²) in [7, 11) is 3.50. The van der Waals surface area contributed by atoms with E-state index in [-0.39, 0.29) is 18.0 Å². The van der Waals surface area contributed by atoms with Crippen LogP contribution in [0, 0.1) is 0 Å². The molecule has 1 unspecified atom stereocenters. The minimum Gasteiger partial charge on any atom is -0.468 e. The lowest BCUT2D eigenvalue weighted by Gasteiger charge is -2.21. The molecule has 0 fully saturated rings. The topological polar surface area (TPSA) is 45.5 Å². The van der Waals surface area contributed by atoms with Gasteiger partial charge in [-0.05, 0) is 26.0 Å². The van der Waals surface area contributed by atoms with Crippen molar-refractivity contribution in [2.45, 2.75) is 25.9 Å². The number of furan rings is 1. The zero-order chi connectivity index (χ0) is 11.4. The van der Waals surface area contributed by atoms with Gasteiger partial charge in [0.15, 0.2) is 0 Å². The SMILES string of the molecule is CC(N[C@H](C)c1ccco1)C(=O)N(C)C. The van der Waals surface area contributed by atoms with Crippen LogP contribution in [0.1, 0.15) is 25.6 Å². The molecule has 2 atom stereocenters. The maximum absolute atomic E-state index is 11.6. The van der Waals surface area contributed by atoms with E-state index in [9.17, 15) is 4.79 Å². The van der Waals surface area contributed by atoms with Crippen LogP contribution in [0.25, 0.3) is 0 Å². The first kappa shape index (κ1) is 11.8. The van der Waals surface area contributed by atoms with Crippen LogP contribution in [0.4, 0.5) is 0 Å². The molecule has 0 spiro atoms. The minimum absolute atomic E-state index is 0.0406. The predicted octanol–water partition coefficient (Wildman–Crippen LogP) is 1.41. The Morgan fingerprint density at radius 2 is 2.13 bits per heavy atom. The number of nitrogens with zero attached hydrogens (tertiary/aromatic N) is 1. The zero-order valence-electron chi connectivity index (χ0n) is 9.65. The second-order valence-electron chi connectivity index (χ2n) is 3.86. The first-order chi connectivity index (χ1) is 7.02. The number of amides is 1. The van der Waals surface area contributed by atoms with Gasteiger partial charge in [0.2, 0.25) is 5.91 Å². The third kappa shape index (κ3) is 3.09. The molecule has 1 heterocycles. The van der Waals surface area contributed by atoms with E-state index in [2.05, 4.69) is 5.32 Å². The Hall–Kier alpha value is -1.29. The van der Waals surface area contributed by atoms with Gasteiger partial charge >= 0.3 is 0 Å². The highest BCUT2D eigenvalue weighted by Gasteiger charge is 2.18. The summed E-state index contributed by atoms with van der Waals surface area (Å²) in [5, 5.41) is 3.18. The lowest BCUT2D eigenvalue weighted by Crippen LogP contribution is -2.42. The van der Waals surface area contributed by atoms with Crippen LogP contribution in [0.15, 0.2) is 22.8 Å². The van der Waals surface area contributed by atoms with Crippen molar-refractivity contribution in [3.63, 3.8) is 0 Å². The molecule has 1 N–H and O–H groups in total. The number of hydrogen-bond donors (Lipinski definition) is 1. The van der Waals surface area contributed by atoms with E-state index in [1.165, 1.54) is 0 Å². The summed E-state index contributed by atoms with van der Waals surface area (Å²) in [6.45, 7) is 3.82. The van der Waals surface area contributed by atoms with E-state index >= 15 is 0 Å². The Morgan fingerprint density at radius 1 is 1.47 bits per heavy atom. The molecule has 0 aliphatic carbocycles. The maximum atomic E-state index is 11.6. The Morgan fingerprint density at radius 3 is 2.60 bits per heavy atom. The van der Waals surface area contributed by atoms with E-state index in [0.717, 1.165) is 5.76 Å². The summed E-state index contributed by atoms with van der Waals surface area (Å²) in [5.74, 6) is 0.904. The highest BCUT2D eigenvalue weighted by molar-refractivity contribution is 5.80. The Labute approximate surface area is 90.3 Å². The average Bonchev–Trinajstić information content (AvgIpc) is 2.68. The predicted molar refractivity (Wildman–Crippen MR) is 58.4 cm³/mol. The fraction of sp³-hybridized carbons (Fsp3) is 0.545. The molecule has 1 amide bonds. The van der Waals surface area contributed by atoms with Gasteiger partial charge < -0.3 is 9.32 Å². The Kier molecular flexibility index (Phi) is 3.91. The van der Waals surface area contributed by atoms with E-state index in [1.807, 2.05) is 26.0 Å². The first-order valence-electron chi connectivity index (χ1n) is 5.03. The first-order valence-corrected chi connectivity index (χ1v) is 5.03. The molecule has 1 aromatic heterocycles. The van der Waals surface area contributed by atoms with E-state index in [1.54, 1.807) is 25.3 Å². The van der Waals surface area contributed by atoms with Crippen molar-refractivity contribution in [3.05, 3.63) is 24.2 Å². The molecular formula is C11H18N2O2. The van der Waals surface area contributed by atoms with Crippen molar-refractivity contribution in [2.24, 2.45) is 0 Å². The van der Waals surface area contributed by atoms with Crippen LogP contribution < -0.4 is 5.32 Å². The minimum atomic E-state index is -0.208. The number of likely N-dealkylation sites (N-methyl/N-ethyl adjacent to an activating group) is 1. The highest BCUT2D eigenvalue weighted by atomic mass is 16.3. The van der Waals surface area contributed by atoms with Crippen LogP contribution in [0.5, 0.6) is 0 Å². The van der Waals surface area contributed by atoms with Gasteiger partial charge in [-0.2, -0.15) is 0 Å². The lowest BCUT2D eigenvalue weighted by atomic mass is 10.2. The molecule has 0 saturated carbocycles. The summed E-state index contributed by atoms with van der Waals surface area (Å²) in [6.07, 6.45) is 1.63.